The first-order valence-electron chi connectivity index (χ1n) is 11.2. The van der Waals surface area contributed by atoms with Gasteiger partial charge >= 0.3 is 0 Å². The molecule has 0 spiro atoms. The van der Waals surface area contributed by atoms with Crippen LogP contribution in [-0.2, 0) is 6.61 Å². The Kier molecular flexibility index (Phi) is 7.91. The first-order chi connectivity index (χ1) is 17.2. The highest BCUT2D eigenvalue weighted by Crippen LogP contribution is 2.39. The fourth-order valence-electron chi connectivity index (χ4n) is 3.66. The largest absolute Gasteiger partial charge is 0.487 e. The second-order valence-corrected chi connectivity index (χ2v) is 9.90. The molecule has 1 aromatic heterocycles. The maximum Gasteiger partial charge on any atom is 0.220 e. The Bertz CT molecular complexity index is 1410. The summed E-state index contributed by atoms with van der Waals surface area (Å²) in [6.07, 6.45) is 0. The van der Waals surface area contributed by atoms with Crippen LogP contribution in [0.2, 0.25) is 5.02 Å². The fourth-order valence-corrected chi connectivity index (χ4v) is 5.07. The molecule has 0 aliphatic carbocycles. The second kappa shape index (κ2) is 11.1. The Hall–Kier alpha value is -3.43. The minimum atomic E-state index is -0.577. The highest BCUT2D eigenvalue weighted by atomic mass is 35.5. The van der Waals surface area contributed by atoms with Gasteiger partial charge in [-0.05, 0) is 67.8 Å². The third-order valence-electron chi connectivity index (χ3n) is 5.78. The van der Waals surface area contributed by atoms with Gasteiger partial charge in [-0.15, -0.1) is 10.2 Å². The molecule has 7 nitrogen and oxygen atoms in total. The molecule has 3 aromatic carbocycles. The molecular weight excluding hydrogens is 503 g/mol. The molecule has 0 amide bonds. The lowest BCUT2D eigenvalue weighted by molar-refractivity contribution is -0.479. The van der Waals surface area contributed by atoms with Gasteiger partial charge in [-0.25, -0.2) is 4.39 Å². The maximum atomic E-state index is 13.9. The average molecular weight is 527 g/mol. The molecule has 0 aliphatic heterocycles. The van der Waals surface area contributed by atoms with Crippen molar-refractivity contribution in [3.63, 3.8) is 0 Å². The monoisotopic (exact) mass is 526 g/mol. The first kappa shape index (κ1) is 25.7. The van der Waals surface area contributed by atoms with Crippen LogP contribution in [0.25, 0.3) is 5.69 Å². The van der Waals surface area contributed by atoms with Gasteiger partial charge in [0.05, 0.1) is 5.02 Å². The highest BCUT2D eigenvalue weighted by Gasteiger charge is 2.25. The normalized spacial score (nSPS) is 11.9. The average Bonchev–Trinajstić information content (AvgIpc) is 3.20. The van der Waals surface area contributed by atoms with Crippen molar-refractivity contribution < 1.29 is 14.1 Å². The van der Waals surface area contributed by atoms with E-state index in [2.05, 4.69) is 10.2 Å². The fraction of sp³-hybridized carbons (Fsp3) is 0.231. The van der Waals surface area contributed by atoms with Crippen LogP contribution >= 0.6 is 23.4 Å². The standard InChI is InChI=1S/C26H24ClFN4O3S/c1-16-8-10-21(12-17(16)2)32-18(3)29-30-26(32)36-25(14-31(33)34)19-9-11-24(22(27)13-19)35-15-20-6-4-5-7-23(20)28/h4-13,25H,14-15H2,1-3H3/t25-/m0/s1. The third kappa shape index (κ3) is 5.85. The van der Waals surface area contributed by atoms with Crippen LogP contribution in [0.5, 0.6) is 5.75 Å². The number of hydrogen-bond acceptors (Lipinski definition) is 6. The van der Waals surface area contributed by atoms with Gasteiger partial charge in [0.25, 0.3) is 0 Å². The number of aromatic nitrogens is 3. The lowest BCUT2D eigenvalue weighted by Crippen LogP contribution is -2.11. The molecule has 1 heterocycles. The molecule has 1 atom stereocenters. The Labute approximate surface area is 217 Å². The number of aryl methyl sites for hydroxylation is 3. The lowest BCUT2D eigenvalue weighted by atomic mass is 10.1. The number of halogens is 2. The zero-order valence-electron chi connectivity index (χ0n) is 19.9. The predicted molar refractivity (Wildman–Crippen MR) is 138 cm³/mol. The van der Waals surface area contributed by atoms with E-state index in [-0.39, 0.29) is 28.9 Å². The quantitative estimate of drug-likeness (QED) is 0.137. The van der Waals surface area contributed by atoms with Crippen LogP contribution in [0.3, 0.4) is 0 Å². The van der Waals surface area contributed by atoms with Crippen molar-refractivity contribution in [1.82, 2.24) is 14.8 Å². The van der Waals surface area contributed by atoms with Crippen LogP contribution in [0.15, 0.2) is 65.8 Å². The number of hydrogen-bond donors (Lipinski definition) is 0. The molecule has 186 valence electrons. The minimum Gasteiger partial charge on any atom is -0.487 e. The molecule has 0 unspecified atom stereocenters. The van der Waals surface area contributed by atoms with Crippen molar-refractivity contribution >= 4 is 23.4 Å². The van der Waals surface area contributed by atoms with Crippen molar-refractivity contribution in [1.29, 1.82) is 0 Å². The topological polar surface area (TPSA) is 83.1 Å². The Morgan fingerprint density at radius 3 is 2.56 bits per heavy atom. The Morgan fingerprint density at radius 2 is 1.86 bits per heavy atom. The summed E-state index contributed by atoms with van der Waals surface area (Å²) in [5, 5.41) is 20.3. The summed E-state index contributed by atoms with van der Waals surface area (Å²) >= 11 is 7.70. The minimum absolute atomic E-state index is 0.0111. The van der Waals surface area contributed by atoms with Crippen molar-refractivity contribution in [3.8, 4) is 11.4 Å². The summed E-state index contributed by atoms with van der Waals surface area (Å²) < 4.78 is 21.5. The molecule has 4 rings (SSSR count). The lowest BCUT2D eigenvalue weighted by Gasteiger charge is -2.16. The molecular formula is C26H24ClFN4O3S. The van der Waals surface area contributed by atoms with Crippen molar-refractivity contribution in [2.75, 3.05) is 6.54 Å². The molecule has 0 N–H and O–H groups in total. The van der Waals surface area contributed by atoms with Gasteiger partial charge < -0.3 is 4.74 Å². The smallest absolute Gasteiger partial charge is 0.220 e. The van der Waals surface area contributed by atoms with E-state index in [0.29, 0.717) is 27.9 Å². The zero-order chi connectivity index (χ0) is 25.8. The number of nitro groups is 1. The summed E-state index contributed by atoms with van der Waals surface area (Å²) in [7, 11) is 0. The maximum absolute atomic E-state index is 13.9. The van der Waals surface area contributed by atoms with E-state index in [9.17, 15) is 14.5 Å². The van der Waals surface area contributed by atoms with Crippen LogP contribution < -0.4 is 4.74 Å². The van der Waals surface area contributed by atoms with Gasteiger partial charge in [-0.2, -0.15) is 0 Å². The van der Waals surface area contributed by atoms with Crippen LogP contribution in [0, 0.1) is 36.7 Å². The van der Waals surface area contributed by atoms with Gasteiger partial charge in [0.1, 0.15) is 29.2 Å². The molecule has 0 saturated carbocycles. The van der Waals surface area contributed by atoms with E-state index in [1.54, 1.807) is 36.4 Å². The summed E-state index contributed by atoms with van der Waals surface area (Å²) in [6.45, 7) is 5.58. The molecule has 4 aromatic rings. The van der Waals surface area contributed by atoms with Crippen LogP contribution in [-0.4, -0.2) is 26.2 Å². The van der Waals surface area contributed by atoms with Crippen molar-refractivity contribution in [3.05, 3.63) is 110 Å². The van der Waals surface area contributed by atoms with Gasteiger partial charge in [-0.1, -0.05) is 53.7 Å². The number of thioether (sulfide) groups is 1. The second-order valence-electron chi connectivity index (χ2n) is 8.33. The van der Waals surface area contributed by atoms with Gasteiger partial charge in [-0.3, -0.25) is 14.7 Å². The van der Waals surface area contributed by atoms with Gasteiger partial charge in [0.2, 0.25) is 6.54 Å². The van der Waals surface area contributed by atoms with E-state index < -0.39 is 5.25 Å². The van der Waals surface area contributed by atoms with E-state index in [0.717, 1.165) is 16.8 Å². The predicted octanol–water partition coefficient (Wildman–Crippen LogP) is 6.67. The number of nitrogens with zero attached hydrogens (tertiary/aromatic N) is 4. The molecule has 0 radical (unpaired) electrons. The van der Waals surface area contributed by atoms with Crippen LogP contribution in [0.1, 0.15) is 33.3 Å². The van der Waals surface area contributed by atoms with E-state index in [4.69, 9.17) is 16.3 Å². The number of rotatable bonds is 9. The Balaban J connectivity index is 1.59. The van der Waals surface area contributed by atoms with Gasteiger partial charge in [0.15, 0.2) is 5.16 Å². The van der Waals surface area contributed by atoms with Crippen molar-refractivity contribution in [2.45, 2.75) is 37.8 Å². The molecule has 0 saturated heterocycles. The number of ether oxygens (including phenoxy) is 1. The van der Waals surface area contributed by atoms with E-state index in [1.807, 2.05) is 43.5 Å². The molecule has 0 aliphatic rings. The summed E-state index contributed by atoms with van der Waals surface area (Å²) in [5.74, 6) is 0.675. The summed E-state index contributed by atoms with van der Waals surface area (Å²) in [5.41, 5.74) is 4.22. The number of benzene rings is 3. The third-order valence-corrected chi connectivity index (χ3v) is 7.25. The zero-order valence-corrected chi connectivity index (χ0v) is 21.5. The molecule has 0 fully saturated rings. The van der Waals surface area contributed by atoms with Crippen molar-refractivity contribution in [2.24, 2.45) is 0 Å². The molecule has 10 heteroatoms. The first-order valence-corrected chi connectivity index (χ1v) is 12.4. The Morgan fingerprint density at radius 1 is 1.08 bits per heavy atom. The van der Waals surface area contributed by atoms with E-state index in [1.165, 1.54) is 17.8 Å². The summed E-state index contributed by atoms with van der Waals surface area (Å²) in [6, 6.07) is 17.4. The SMILES string of the molecule is Cc1ccc(-n2c(C)nnc2S[C@@H](C[N+](=O)[O-])c2ccc(OCc3ccccc3F)c(Cl)c2)cc1C. The van der Waals surface area contributed by atoms with Crippen LogP contribution in [0.4, 0.5) is 4.39 Å². The summed E-state index contributed by atoms with van der Waals surface area (Å²) in [4.78, 5) is 11.2. The molecule has 0 bridgehead atoms. The van der Waals surface area contributed by atoms with Gasteiger partial charge in [0, 0.05) is 16.2 Å². The highest BCUT2D eigenvalue weighted by molar-refractivity contribution is 7.99. The van der Waals surface area contributed by atoms with E-state index >= 15 is 0 Å². The molecule has 36 heavy (non-hydrogen) atoms.